The summed E-state index contributed by atoms with van der Waals surface area (Å²) in [5, 5.41) is 2.77. The summed E-state index contributed by atoms with van der Waals surface area (Å²) in [4.78, 5) is 22.0. The zero-order valence-electron chi connectivity index (χ0n) is 14.6. The van der Waals surface area contributed by atoms with E-state index in [4.69, 9.17) is 10.5 Å². The average Bonchev–Trinajstić information content (AvgIpc) is 2.37. The second-order valence-corrected chi connectivity index (χ2v) is 6.83. The van der Waals surface area contributed by atoms with Crippen molar-refractivity contribution < 1.29 is 14.3 Å². The molecule has 0 unspecified atom stereocenters. The van der Waals surface area contributed by atoms with Crippen LogP contribution in [0.1, 0.15) is 85.0 Å². The second kappa shape index (κ2) is 12.3. The third-order valence-electron chi connectivity index (χ3n) is 3.27. The van der Waals surface area contributed by atoms with Gasteiger partial charge in [-0.1, -0.05) is 44.9 Å². The Morgan fingerprint density at radius 3 is 1.77 bits per heavy atom. The van der Waals surface area contributed by atoms with Gasteiger partial charge in [-0.25, -0.2) is 4.79 Å². The van der Waals surface area contributed by atoms with E-state index in [9.17, 15) is 9.59 Å². The van der Waals surface area contributed by atoms with Crippen LogP contribution in [0.15, 0.2) is 0 Å². The SMILES string of the molecule is CC(C)(C)OC(=O)NCCCCCCCCCCCC(N)=O. The predicted octanol–water partition coefficient (Wildman–Crippen LogP) is 3.90. The number of primary amides is 1. The van der Waals surface area contributed by atoms with E-state index in [2.05, 4.69) is 5.32 Å². The molecule has 0 aromatic heterocycles. The van der Waals surface area contributed by atoms with Gasteiger partial charge in [0.2, 0.25) is 5.91 Å². The van der Waals surface area contributed by atoms with Crippen LogP contribution in [-0.4, -0.2) is 24.1 Å². The largest absolute Gasteiger partial charge is 0.444 e. The Hall–Kier alpha value is -1.26. The van der Waals surface area contributed by atoms with Crippen molar-refractivity contribution in [2.45, 2.75) is 90.6 Å². The standard InChI is InChI=1S/C17H34N2O3/c1-17(2,3)22-16(21)19-14-12-10-8-6-4-5-7-9-11-13-15(18)20/h4-14H2,1-3H3,(H2,18,20)(H,19,21). The number of amides is 2. The van der Waals surface area contributed by atoms with E-state index in [0.717, 1.165) is 25.7 Å². The molecule has 0 radical (unpaired) electrons. The van der Waals surface area contributed by atoms with E-state index in [-0.39, 0.29) is 12.0 Å². The lowest BCUT2D eigenvalue weighted by Crippen LogP contribution is -2.32. The van der Waals surface area contributed by atoms with E-state index in [1.807, 2.05) is 20.8 Å². The maximum Gasteiger partial charge on any atom is 0.407 e. The van der Waals surface area contributed by atoms with Crippen LogP contribution in [0.5, 0.6) is 0 Å². The van der Waals surface area contributed by atoms with Crippen LogP contribution in [-0.2, 0) is 9.53 Å². The van der Waals surface area contributed by atoms with E-state index in [0.29, 0.717) is 13.0 Å². The monoisotopic (exact) mass is 314 g/mol. The number of hydrogen-bond acceptors (Lipinski definition) is 3. The lowest BCUT2D eigenvalue weighted by Gasteiger charge is -2.19. The molecule has 5 nitrogen and oxygen atoms in total. The molecule has 3 N–H and O–H groups in total. The van der Waals surface area contributed by atoms with Gasteiger partial charge in [-0.15, -0.1) is 0 Å². The molecule has 0 rings (SSSR count). The zero-order chi connectivity index (χ0) is 16.8. The van der Waals surface area contributed by atoms with E-state index >= 15 is 0 Å². The number of hydrogen-bond donors (Lipinski definition) is 2. The Bertz CT molecular complexity index is 312. The molecule has 22 heavy (non-hydrogen) atoms. The van der Waals surface area contributed by atoms with Crippen LogP contribution >= 0.6 is 0 Å². The summed E-state index contributed by atoms with van der Waals surface area (Å²) in [7, 11) is 0. The topological polar surface area (TPSA) is 81.4 Å². The minimum Gasteiger partial charge on any atom is -0.444 e. The highest BCUT2D eigenvalue weighted by Crippen LogP contribution is 2.10. The minimum atomic E-state index is -0.429. The first-order valence-corrected chi connectivity index (χ1v) is 8.56. The van der Waals surface area contributed by atoms with Crippen LogP contribution in [0.3, 0.4) is 0 Å². The number of carbonyl (C=O) groups is 2. The molecule has 0 fully saturated rings. The number of carbonyl (C=O) groups excluding carboxylic acids is 2. The molecule has 0 aliphatic rings. The van der Waals surface area contributed by atoms with Gasteiger partial charge in [0.15, 0.2) is 0 Å². The lowest BCUT2D eigenvalue weighted by atomic mass is 10.1. The highest BCUT2D eigenvalue weighted by molar-refractivity contribution is 5.73. The maximum absolute atomic E-state index is 11.4. The van der Waals surface area contributed by atoms with Crippen molar-refractivity contribution in [1.82, 2.24) is 5.32 Å². The van der Waals surface area contributed by atoms with Gasteiger partial charge in [0.05, 0.1) is 0 Å². The summed E-state index contributed by atoms with van der Waals surface area (Å²) in [5.74, 6) is -0.194. The molecular formula is C17H34N2O3. The number of ether oxygens (including phenoxy) is 1. The smallest absolute Gasteiger partial charge is 0.407 e. The molecule has 0 heterocycles. The molecular weight excluding hydrogens is 280 g/mol. The summed E-state index contributed by atoms with van der Waals surface area (Å²) in [6.07, 6.45) is 10.5. The van der Waals surface area contributed by atoms with E-state index in [1.54, 1.807) is 0 Å². The Kier molecular flexibility index (Phi) is 11.6. The molecule has 0 aliphatic heterocycles. The lowest BCUT2D eigenvalue weighted by molar-refractivity contribution is -0.118. The van der Waals surface area contributed by atoms with Gasteiger partial charge in [0.1, 0.15) is 5.60 Å². The van der Waals surface area contributed by atoms with E-state index < -0.39 is 5.60 Å². The molecule has 0 aliphatic carbocycles. The van der Waals surface area contributed by atoms with Crippen LogP contribution in [0.2, 0.25) is 0 Å². The number of alkyl carbamates (subject to hydrolysis) is 1. The van der Waals surface area contributed by atoms with Gasteiger partial charge >= 0.3 is 6.09 Å². The fraction of sp³-hybridized carbons (Fsp3) is 0.882. The van der Waals surface area contributed by atoms with Gasteiger partial charge in [0, 0.05) is 13.0 Å². The molecule has 2 amide bonds. The molecule has 0 atom stereocenters. The van der Waals surface area contributed by atoms with Gasteiger partial charge in [-0.2, -0.15) is 0 Å². The van der Waals surface area contributed by atoms with Crippen molar-refractivity contribution in [2.24, 2.45) is 5.73 Å². The van der Waals surface area contributed by atoms with Gasteiger partial charge in [-0.3, -0.25) is 4.79 Å². The second-order valence-electron chi connectivity index (χ2n) is 6.83. The van der Waals surface area contributed by atoms with Gasteiger partial charge in [0.25, 0.3) is 0 Å². The van der Waals surface area contributed by atoms with Crippen LogP contribution < -0.4 is 11.1 Å². The minimum absolute atomic E-state index is 0.194. The average molecular weight is 314 g/mol. The molecule has 130 valence electrons. The molecule has 0 aromatic carbocycles. The van der Waals surface area contributed by atoms with Crippen LogP contribution in [0, 0.1) is 0 Å². The number of rotatable bonds is 12. The molecule has 0 spiro atoms. The Labute approximate surface area is 135 Å². The van der Waals surface area contributed by atoms with Gasteiger partial charge in [-0.05, 0) is 33.6 Å². The predicted molar refractivity (Wildman–Crippen MR) is 89.6 cm³/mol. The summed E-state index contributed by atoms with van der Waals surface area (Å²) >= 11 is 0. The summed E-state index contributed by atoms with van der Waals surface area (Å²) in [6, 6.07) is 0. The van der Waals surface area contributed by atoms with Crippen molar-refractivity contribution >= 4 is 12.0 Å². The van der Waals surface area contributed by atoms with Crippen LogP contribution in [0.25, 0.3) is 0 Å². The maximum atomic E-state index is 11.4. The third-order valence-corrected chi connectivity index (χ3v) is 3.27. The zero-order valence-corrected chi connectivity index (χ0v) is 14.6. The first-order chi connectivity index (χ1) is 10.3. The molecule has 0 aromatic rings. The summed E-state index contributed by atoms with van der Waals surface area (Å²) < 4.78 is 5.17. The molecule has 0 saturated carbocycles. The van der Waals surface area contributed by atoms with Crippen molar-refractivity contribution in [1.29, 1.82) is 0 Å². The number of unbranched alkanes of at least 4 members (excludes halogenated alkanes) is 8. The molecule has 0 saturated heterocycles. The van der Waals surface area contributed by atoms with Crippen molar-refractivity contribution in [3.05, 3.63) is 0 Å². The summed E-state index contributed by atoms with van der Waals surface area (Å²) in [5.41, 5.74) is 4.66. The highest BCUT2D eigenvalue weighted by Gasteiger charge is 2.15. The highest BCUT2D eigenvalue weighted by atomic mass is 16.6. The number of nitrogens with two attached hydrogens (primary N) is 1. The van der Waals surface area contributed by atoms with E-state index in [1.165, 1.54) is 32.1 Å². The fourth-order valence-electron chi connectivity index (χ4n) is 2.17. The van der Waals surface area contributed by atoms with Crippen molar-refractivity contribution in [2.75, 3.05) is 6.54 Å². The Morgan fingerprint density at radius 2 is 1.32 bits per heavy atom. The summed E-state index contributed by atoms with van der Waals surface area (Å²) in [6.45, 7) is 6.27. The number of nitrogens with one attached hydrogen (secondary N) is 1. The normalized spacial score (nSPS) is 11.2. The van der Waals surface area contributed by atoms with Crippen LogP contribution in [0.4, 0.5) is 4.79 Å². The van der Waals surface area contributed by atoms with Gasteiger partial charge < -0.3 is 15.8 Å². The van der Waals surface area contributed by atoms with Crippen molar-refractivity contribution in [3.63, 3.8) is 0 Å². The molecule has 5 heteroatoms. The molecule has 0 bridgehead atoms. The quantitative estimate of drug-likeness (QED) is 0.536. The Balaban J connectivity index is 3.21. The third kappa shape index (κ3) is 16.8. The Morgan fingerprint density at radius 1 is 0.864 bits per heavy atom. The first kappa shape index (κ1) is 20.7. The fourth-order valence-corrected chi connectivity index (χ4v) is 2.17. The van der Waals surface area contributed by atoms with Crippen molar-refractivity contribution in [3.8, 4) is 0 Å². The first-order valence-electron chi connectivity index (χ1n) is 8.56.